The van der Waals surface area contributed by atoms with E-state index in [1.54, 1.807) is 0 Å². The van der Waals surface area contributed by atoms with Gasteiger partial charge >= 0.3 is 74.0 Å². The normalized spacial score (nSPS) is 8.58. The molecule has 0 bridgehead atoms. The van der Waals surface area contributed by atoms with E-state index in [2.05, 4.69) is 13.8 Å². The van der Waals surface area contributed by atoms with E-state index in [-0.39, 0.29) is 0 Å². The summed E-state index contributed by atoms with van der Waals surface area (Å²) < 4.78 is 8.46. The fourth-order valence-corrected chi connectivity index (χ4v) is 2.52. The average molecular weight is 205 g/mol. The van der Waals surface area contributed by atoms with Crippen LogP contribution >= 0.6 is 8.69 Å². The third kappa shape index (κ3) is 22.4. The molecule has 0 aromatic heterocycles. The molecule has 0 aliphatic rings. The Labute approximate surface area is 83.8 Å². The van der Waals surface area contributed by atoms with Crippen LogP contribution in [-0.2, 0) is 4.57 Å². The minimum Gasteiger partial charge on any atom is -0.310 e. The van der Waals surface area contributed by atoms with E-state index >= 15 is 0 Å². The van der Waals surface area contributed by atoms with Gasteiger partial charge in [0.05, 0.1) is 0 Å². The maximum Gasteiger partial charge on any atom is 0.324 e. The minimum atomic E-state index is -0.833. The van der Waals surface area contributed by atoms with Gasteiger partial charge in [-0.3, -0.25) is 0 Å². The predicted molar refractivity (Wildman–Crippen MR) is 55.0 cm³/mol. The van der Waals surface area contributed by atoms with Crippen LogP contribution in [0.3, 0.4) is 0 Å². The molecule has 0 aliphatic heterocycles. The zero-order chi connectivity index (χ0) is 9.66. The van der Waals surface area contributed by atoms with Crippen LogP contribution in [-0.4, -0.2) is 20.1 Å². The number of rotatable bonds is 6. The fourth-order valence-electron chi connectivity index (χ4n) is 0.841. The van der Waals surface area contributed by atoms with Gasteiger partial charge < -0.3 is 4.89 Å². The van der Waals surface area contributed by atoms with Crippen molar-refractivity contribution in [1.82, 2.24) is 0 Å². The van der Waals surface area contributed by atoms with Gasteiger partial charge in [0.1, 0.15) is 0 Å². The number of hydrogen-bond acceptors (Lipinski definition) is 1. The van der Waals surface area contributed by atoms with Crippen LogP contribution in [0.25, 0.3) is 0 Å². The second-order valence-corrected chi connectivity index (χ2v) is 4.55. The minimum absolute atomic E-state index is 0.818. The van der Waals surface area contributed by atoms with Gasteiger partial charge in [-0.2, -0.15) is 0 Å². The average Bonchev–Trinajstić information content (AvgIpc) is 2.06. The summed E-state index contributed by atoms with van der Waals surface area (Å²) in [6.07, 6.45) is 5.72. The Balaban J connectivity index is 0. The SMILES string of the molecule is CCC[CH2][Al+][CH2]CCC.O=PO. The largest absolute Gasteiger partial charge is 0.324 e. The van der Waals surface area contributed by atoms with Gasteiger partial charge in [0, 0.05) is 0 Å². The third-order valence-electron chi connectivity index (χ3n) is 1.52. The van der Waals surface area contributed by atoms with Crippen molar-refractivity contribution in [3.8, 4) is 0 Å². The molecule has 0 fully saturated rings. The van der Waals surface area contributed by atoms with E-state index in [4.69, 9.17) is 9.46 Å². The van der Waals surface area contributed by atoms with Crippen LogP contribution < -0.4 is 0 Å². The second-order valence-electron chi connectivity index (χ2n) is 2.65. The van der Waals surface area contributed by atoms with Crippen molar-refractivity contribution in [3.05, 3.63) is 0 Å². The Morgan fingerprint density at radius 1 is 1.17 bits per heavy atom. The van der Waals surface area contributed by atoms with Crippen LogP contribution in [0.15, 0.2) is 0 Å². The first-order chi connectivity index (χ1) is 5.83. The molecule has 0 amide bonds. The van der Waals surface area contributed by atoms with Crippen molar-refractivity contribution >= 4 is 23.9 Å². The molecule has 0 saturated heterocycles. The van der Waals surface area contributed by atoms with Crippen LogP contribution in [0.4, 0.5) is 0 Å². The zero-order valence-corrected chi connectivity index (χ0v) is 10.2. The van der Waals surface area contributed by atoms with Gasteiger partial charge in [0.2, 0.25) is 0 Å². The fraction of sp³-hybridized carbons (Fsp3) is 1.00. The summed E-state index contributed by atoms with van der Waals surface area (Å²) in [6.45, 7) is 4.55. The summed E-state index contributed by atoms with van der Waals surface area (Å²) in [7, 11) is -0.833. The Bertz CT molecular complexity index is 75.5. The molecule has 12 heavy (non-hydrogen) atoms. The Hall–Kier alpha value is 0.592. The van der Waals surface area contributed by atoms with Crippen molar-refractivity contribution in [2.75, 3.05) is 0 Å². The molecule has 2 nitrogen and oxygen atoms in total. The summed E-state index contributed by atoms with van der Waals surface area (Å²) in [6, 6.07) is 0. The summed E-state index contributed by atoms with van der Waals surface area (Å²) in [4.78, 5) is 6.99. The van der Waals surface area contributed by atoms with Crippen molar-refractivity contribution in [1.29, 1.82) is 0 Å². The molecule has 1 N–H and O–H groups in total. The zero-order valence-electron chi connectivity index (χ0n) is 8.12. The molecule has 4 heteroatoms. The van der Waals surface area contributed by atoms with Gasteiger partial charge in [0.15, 0.2) is 0 Å². The molecule has 0 spiro atoms. The van der Waals surface area contributed by atoms with E-state index < -0.39 is 8.69 Å². The predicted octanol–water partition coefficient (Wildman–Crippen LogP) is 3.31. The van der Waals surface area contributed by atoms with Gasteiger partial charge in [-0.05, 0) is 0 Å². The van der Waals surface area contributed by atoms with E-state index in [1.165, 1.54) is 36.2 Å². The van der Waals surface area contributed by atoms with Gasteiger partial charge in [-0.1, -0.05) is 0 Å². The second kappa shape index (κ2) is 17.6. The maximum absolute atomic E-state index is 8.46. The van der Waals surface area contributed by atoms with Crippen molar-refractivity contribution in [2.45, 2.75) is 50.1 Å². The van der Waals surface area contributed by atoms with Gasteiger partial charge in [0.25, 0.3) is 0 Å². The van der Waals surface area contributed by atoms with Crippen LogP contribution in [0, 0.1) is 0 Å². The Kier molecular flexibility index (Phi) is 22.1. The molecule has 0 radical (unpaired) electrons. The first-order valence-corrected chi connectivity index (χ1v) is 7.01. The van der Waals surface area contributed by atoms with E-state index in [9.17, 15) is 0 Å². The summed E-state index contributed by atoms with van der Waals surface area (Å²) in [5.41, 5.74) is 0. The number of hydrogen-bond donors (Lipinski definition) is 1. The molecular formula is C8H19AlO2P+. The molecule has 0 saturated carbocycles. The van der Waals surface area contributed by atoms with Gasteiger partial charge in [-0.25, -0.2) is 4.57 Å². The summed E-state index contributed by atoms with van der Waals surface area (Å²) in [5, 5.41) is 3.08. The molecule has 0 unspecified atom stereocenters. The molecular weight excluding hydrogens is 186 g/mol. The quantitative estimate of drug-likeness (QED) is 0.410. The van der Waals surface area contributed by atoms with E-state index in [0.29, 0.717) is 0 Å². The Morgan fingerprint density at radius 2 is 1.50 bits per heavy atom. The van der Waals surface area contributed by atoms with Crippen LogP contribution in [0.5, 0.6) is 0 Å². The monoisotopic (exact) mass is 205 g/mol. The maximum atomic E-state index is 8.46. The molecule has 70 valence electrons. The molecule has 0 rings (SSSR count). The summed E-state index contributed by atoms with van der Waals surface area (Å²) in [5.74, 6) is 0. The van der Waals surface area contributed by atoms with Crippen LogP contribution in [0.2, 0.25) is 10.6 Å². The Morgan fingerprint density at radius 3 is 1.75 bits per heavy atom. The first kappa shape index (κ1) is 15.1. The van der Waals surface area contributed by atoms with Crippen LogP contribution in [0.1, 0.15) is 39.5 Å². The van der Waals surface area contributed by atoms with E-state index in [0.717, 1.165) is 15.2 Å². The van der Waals surface area contributed by atoms with Gasteiger partial charge in [-0.15, -0.1) is 0 Å². The smallest absolute Gasteiger partial charge is 0.310 e. The molecule has 0 heterocycles. The molecule has 0 aromatic rings. The van der Waals surface area contributed by atoms with Crippen molar-refractivity contribution < 1.29 is 9.46 Å². The molecule has 0 atom stereocenters. The summed E-state index contributed by atoms with van der Waals surface area (Å²) >= 11 is 0.818. The first-order valence-electron chi connectivity index (χ1n) is 4.61. The topological polar surface area (TPSA) is 37.3 Å². The van der Waals surface area contributed by atoms with E-state index in [1.807, 2.05) is 0 Å². The third-order valence-corrected chi connectivity index (χ3v) is 3.16. The van der Waals surface area contributed by atoms with Crippen molar-refractivity contribution in [3.63, 3.8) is 0 Å². The van der Waals surface area contributed by atoms with Crippen molar-refractivity contribution in [2.24, 2.45) is 0 Å². The number of unbranched alkanes of at least 4 members (excludes halogenated alkanes) is 2. The standard InChI is InChI=1S/2C4H9.Al.HO2P/c2*1-3-4-2;;1-3-2/h2*1,3-4H2,2H3;;(H,1,2)/q;;+1;. The molecule has 0 aromatic carbocycles. The molecule has 0 aliphatic carbocycles.